The van der Waals surface area contributed by atoms with E-state index < -0.39 is 5.79 Å². The van der Waals surface area contributed by atoms with Crippen molar-refractivity contribution in [2.24, 2.45) is 0 Å². The van der Waals surface area contributed by atoms with Crippen molar-refractivity contribution < 1.29 is 14.6 Å². The van der Waals surface area contributed by atoms with Crippen LogP contribution in [0.1, 0.15) is 29.7 Å². The number of methoxy groups -OCH3 is 1. The van der Waals surface area contributed by atoms with Gasteiger partial charge in [-0.25, -0.2) is 0 Å². The number of ether oxygens (including phenoxy) is 2. The first-order valence-electron chi connectivity index (χ1n) is 6.72. The Morgan fingerprint density at radius 2 is 1.85 bits per heavy atom. The Hall–Kier alpha value is -1.84. The molecule has 0 fully saturated rings. The number of hydrogen-bond donors (Lipinski definition) is 1. The normalized spacial score (nSPS) is 25.1. The maximum atomic E-state index is 10.5. The Morgan fingerprint density at radius 1 is 1.15 bits per heavy atom. The summed E-state index contributed by atoms with van der Waals surface area (Å²) in [4.78, 5) is 0. The first kappa shape index (κ1) is 13.2. The molecule has 3 heteroatoms. The van der Waals surface area contributed by atoms with E-state index in [-0.39, 0.29) is 6.10 Å². The van der Waals surface area contributed by atoms with Gasteiger partial charge in [0.2, 0.25) is 0 Å². The highest BCUT2D eigenvalue weighted by molar-refractivity contribution is 5.36. The van der Waals surface area contributed by atoms with E-state index in [2.05, 4.69) is 0 Å². The Balaban J connectivity index is 1.94. The Bertz CT molecular complexity index is 602. The Labute approximate surface area is 118 Å². The fourth-order valence-electron chi connectivity index (χ4n) is 2.74. The van der Waals surface area contributed by atoms with Crippen LogP contribution >= 0.6 is 0 Å². The van der Waals surface area contributed by atoms with Gasteiger partial charge in [0.15, 0.2) is 5.79 Å². The van der Waals surface area contributed by atoms with Crippen LogP contribution in [0.4, 0.5) is 0 Å². The summed E-state index contributed by atoms with van der Waals surface area (Å²) in [6.45, 7) is 1.70. The molecule has 0 saturated carbocycles. The van der Waals surface area contributed by atoms with Crippen LogP contribution in [0.2, 0.25) is 0 Å². The molecule has 1 heterocycles. The third-order valence-corrected chi connectivity index (χ3v) is 3.78. The first-order chi connectivity index (χ1) is 9.60. The minimum Gasteiger partial charge on any atom is -0.497 e. The van der Waals surface area contributed by atoms with Crippen LogP contribution in [0.5, 0.6) is 5.75 Å². The highest BCUT2D eigenvalue weighted by atomic mass is 16.6. The predicted octanol–water partition coefficient (Wildman–Crippen LogP) is 3.17. The van der Waals surface area contributed by atoms with Gasteiger partial charge in [0, 0.05) is 12.0 Å². The van der Waals surface area contributed by atoms with Crippen molar-refractivity contribution in [1.82, 2.24) is 0 Å². The van der Waals surface area contributed by atoms with Crippen molar-refractivity contribution in [3.8, 4) is 5.75 Å². The standard InChI is InChI=1S/C17H18O3/c1-17(18)15-6-4-3-5-13(15)11-16(20-17)12-7-9-14(19-2)10-8-12/h3-10,16,18H,11H2,1-2H3/t16-,17-/m0/s1. The molecular weight excluding hydrogens is 252 g/mol. The molecule has 1 aliphatic rings. The summed E-state index contributed by atoms with van der Waals surface area (Å²) in [7, 11) is 1.65. The second-order valence-electron chi connectivity index (χ2n) is 5.22. The SMILES string of the molecule is COc1ccc([C@@H]2Cc3ccccc3[C@@](C)(O)O2)cc1. The zero-order valence-electron chi connectivity index (χ0n) is 11.7. The maximum Gasteiger partial charge on any atom is 0.190 e. The average molecular weight is 270 g/mol. The summed E-state index contributed by atoms with van der Waals surface area (Å²) in [5.41, 5.74) is 3.02. The molecule has 0 radical (unpaired) electrons. The lowest BCUT2D eigenvalue weighted by atomic mass is 9.90. The second-order valence-corrected chi connectivity index (χ2v) is 5.22. The van der Waals surface area contributed by atoms with E-state index in [0.29, 0.717) is 0 Å². The van der Waals surface area contributed by atoms with Gasteiger partial charge in [0.25, 0.3) is 0 Å². The van der Waals surface area contributed by atoms with Crippen molar-refractivity contribution in [3.63, 3.8) is 0 Å². The van der Waals surface area contributed by atoms with E-state index in [9.17, 15) is 5.11 Å². The van der Waals surface area contributed by atoms with Gasteiger partial charge in [-0.1, -0.05) is 36.4 Å². The smallest absolute Gasteiger partial charge is 0.190 e. The summed E-state index contributed by atoms with van der Waals surface area (Å²) >= 11 is 0. The molecule has 0 aliphatic carbocycles. The first-order valence-corrected chi connectivity index (χ1v) is 6.72. The van der Waals surface area contributed by atoms with Gasteiger partial charge in [-0.05, 0) is 30.2 Å². The second kappa shape index (κ2) is 4.93. The number of fused-ring (bicyclic) bond motifs is 1. The van der Waals surface area contributed by atoms with Crippen molar-refractivity contribution >= 4 is 0 Å². The fraction of sp³-hybridized carbons (Fsp3) is 0.294. The van der Waals surface area contributed by atoms with E-state index in [1.165, 1.54) is 0 Å². The van der Waals surface area contributed by atoms with Crippen molar-refractivity contribution in [2.75, 3.05) is 7.11 Å². The molecule has 0 bridgehead atoms. The molecule has 3 rings (SSSR count). The van der Waals surface area contributed by atoms with Crippen LogP contribution in [0.3, 0.4) is 0 Å². The Morgan fingerprint density at radius 3 is 2.55 bits per heavy atom. The monoisotopic (exact) mass is 270 g/mol. The zero-order chi connectivity index (χ0) is 14.2. The van der Waals surface area contributed by atoms with Crippen LogP contribution in [0, 0.1) is 0 Å². The predicted molar refractivity (Wildman–Crippen MR) is 76.5 cm³/mol. The summed E-state index contributed by atoms with van der Waals surface area (Å²) in [6.07, 6.45) is 0.615. The van der Waals surface area contributed by atoms with Crippen LogP contribution < -0.4 is 4.74 Å². The summed E-state index contributed by atoms with van der Waals surface area (Å²) < 4.78 is 11.0. The highest BCUT2D eigenvalue weighted by Crippen LogP contribution is 2.39. The summed E-state index contributed by atoms with van der Waals surface area (Å²) in [5, 5.41) is 10.5. The number of aliphatic hydroxyl groups is 1. The molecule has 0 unspecified atom stereocenters. The van der Waals surface area contributed by atoms with Gasteiger partial charge >= 0.3 is 0 Å². The molecule has 2 atom stereocenters. The lowest BCUT2D eigenvalue weighted by molar-refractivity contribution is -0.237. The molecule has 2 aromatic rings. The Kier molecular flexibility index (Phi) is 3.24. The van der Waals surface area contributed by atoms with Crippen LogP contribution in [0.15, 0.2) is 48.5 Å². The van der Waals surface area contributed by atoms with E-state index in [1.807, 2.05) is 48.5 Å². The third kappa shape index (κ3) is 2.30. The van der Waals surface area contributed by atoms with Gasteiger partial charge in [0.1, 0.15) is 5.75 Å². The van der Waals surface area contributed by atoms with Gasteiger partial charge in [-0.2, -0.15) is 0 Å². The minimum atomic E-state index is -1.25. The molecule has 2 aromatic carbocycles. The number of rotatable bonds is 2. The van der Waals surface area contributed by atoms with E-state index in [1.54, 1.807) is 14.0 Å². The molecule has 0 saturated heterocycles. The zero-order valence-corrected chi connectivity index (χ0v) is 11.7. The lowest BCUT2D eigenvalue weighted by Crippen LogP contribution is -2.34. The van der Waals surface area contributed by atoms with Gasteiger partial charge in [0.05, 0.1) is 13.2 Å². The molecule has 0 aromatic heterocycles. The quantitative estimate of drug-likeness (QED) is 0.911. The van der Waals surface area contributed by atoms with Crippen LogP contribution in [-0.2, 0) is 16.9 Å². The minimum absolute atomic E-state index is 0.147. The topological polar surface area (TPSA) is 38.7 Å². The molecule has 1 N–H and O–H groups in total. The summed E-state index contributed by atoms with van der Waals surface area (Å²) in [5.74, 6) is -0.434. The number of benzene rings is 2. The van der Waals surface area contributed by atoms with Crippen LogP contribution in [0.25, 0.3) is 0 Å². The fourth-order valence-corrected chi connectivity index (χ4v) is 2.74. The number of hydrogen-bond acceptors (Lipinski definition) is 3. The third-order valence-electron chi connectivity index (χ3n) is 3.78. The van der Waals surface area contributed by atoms with Gasteiger partial charge in [-0.3, -0.25) is 0 Å². The average Bonchev–Trinajstić information content (AvgIpc) is 2.47. The van der Waals surface area contributed by atoms with Crippen LogP contribution in [-0.4, -0.2) is 12.2 Å². The van der Waals surface area contributed by atoms with E-state index in [4.69, 9.17) is 9.47 Å². The molecule has 0 spiro atoms. The molecular formula is C17H18O3. The lowest BCUT2D eigenvalue weighted by Gasteiger charge is -2.36. The maximum absolute atomic E-state index is 10.5. The van der Waals surface area contributed by atoms with Crippen molar-refractivity contribution in [2.45, 2.75) is 25.2 Å². The molecule has 104 valence electrons. The van der Waals surface area contributed by atoms with E-state index in [0.717, 1.165) is 28.9 Å². The van der Waals surface area contributed by atoms with E-state index >= 15 is 0 Å². The van der Waals surface area contributed by atoms with Gasteiger partial charge in [-0.15, -0.1) is 0 Å². The molecule has 3 nitrogen and oxygen atoms in total. The largest absolute Gasteiger partial charge is 0.497 e. The summed E-state index contributed by atoms with van der Waals surface area (Å²) in [6, 6.07) is 15.7. The van der Waals surface area contributed by atoms with Crippen molar-refractivity contribution in [3.05, 3.63) is 65.2 Å². The van der Waals surface area contributed by atoms with Gasteiger partial charge < -0.3 is 14.6 Å². The highest BCUT2D eigenvalue weighted by Gasteiger charge is 2.35. The molecule has 20 heavy (non-hydrogen) atoms. The molecule has 0 amide bonds. The van der Waals surface area contributed by atoms with Crippen molar-refractivity contribution in [1.29, 1.82) is 0 Å². The molecule has 1 aliphatic heterocycles.